The average molecular weight is 549 g/mol. The molecule has 1 aliphatic carbocycles. The van der Waals surface area contributed by atoms with Crippen molar-refractivity contribution in [3.05, 3.63) is 88.5 Å². The smallest absolute Gasteiger partial charge is 0.303 e. The van der Waals surface area contributed by atoms with Crippen molar-refractivity contribution in [2.45, 2.75) is 52.6 Å². The average Bonchev–Trinajstić information content (AvgIpc) is 3.21. The van der Waals surface area contributed by atoms with Crippen molar-refractivity contribution in [2.75, 3.05) is 18.6 Å². The molecule has 0 radical (unpaired) electrons. The van der Waals surface area contributed by atoms with Gasteiger partial charge in [-0.2, -0.15) is 0 Å². The lowest BCUT2D eigenvalue weighted by molar-refractivity contribution is -0.137. The molecule has 0 saturated carbocycles. The number of benzene rings is 3. The van der Waals surface area contributed by atoms with Gasteiger partial charge in [0.25, 0.3) is 0 Å². The molecule has 0 heterocycles. The first-order valence-electron chi connectivity index (χ1n) is 13.2. The quantitative estimate of drug-likeness (QED) is 0.267. The molecule has 206 valence electrons. The molecule has 0 aromatic heterocycles. The van der Waals surface area contributed by atoms with Crippen LogP contribution in [-0.4, -0.2) is 38.1 Å². The van der Waals surface area contributed by atoms with Gasteiger partial charge in [0, 0.05) is 6.26 Å². The maximum Gasteiger partial charge on any atom is 0.303 e. The van der Waals surface area contributed by atoms with E-state index in [1.807, 2.05) is 49.4 Å². The number of carbonyl (C=O) groups is 1. The fourth-order valence-corrected chi connectivity index (χ4v) is 6.01. The van der Waals surface area contributed by atoms with E-state index in [0.717, 1.165) is 62.4 Å². The van der Waals surface area contributed by atoms with Gasteiger partial charge in [0.15, 0.2) is 0 Å². The van der Waals surface area contributed by atoms with Crippen LogP contribution in [0.3, 0.4) is 0 Å². The molecule has 1 aliphatic rings. The molecule has 3 aromatic rings. The third-order valence-electron chi connectivity index (χ3n) is 7.10. The minimum absolute atomic E-state index is 0.00480. The standard InChI is InChI=1S/C32H36O6S/c1-5-24-17-26(18-31(33)34)29-11-10-27(19-30(24)29)38-20-23-8-6-9-25(16-23)32-21(2)14-28(15-22(32)3)37-12-7-13-39(4,35)36/h5-6,8-11,14-16,19,26H,7,12-13,17-18,20H2,1-4H3,(H,33,34). The van der Waals surface area contributed by atoms with Crippen molar-refractivity contribution >= 4 is 21.4 Å². The van der Waals surface area contributed by atoms with Gasteiger partial charge in [-0.25, -0.2) is 8.42 Å². The van der Waals surface area contributed by atoms with Crippen molar-refractivity contribution in [3.63, 3.8) is 0 Å². The molecule has 3 aromatic carbocycles. The highest BCUT2D eigenvalue weighted by molar-refractivity contribution is 7.90. The van der Waals surface area contributed by atoms with Gasteiger partial charge in [-0.3, -0.25) is 4.79 Å². The van der Waals surface area contributed by atoms with Crippen molar-refractivity contribution in [1.82, 2.24) is 0 Å². The summed E-state index contributed by atoms with van der Waals surface area (Å²) in [5.74, 6) is 0.847. The van der Waals surface area contributed by atoms with Gasteiger partial charge in [0.05, 0.1) is 18.8 Å². The van der Waals surface area contributed by atoms with Gasteiger partial charge in [0.1, 0.15) is 27.9 Å². The zero-order valence-corrected chi connectivity index (χ0v) is 23.8. The summed E-state index contributed by atoms with van der Waals surface area (Å²) in [6.07, 6.45) is 4.63. The zero-order chi connectivity index (χ0) is 28.2. The number of fused-ring (bicyclic) bond motifs is 1. The maximum atomic E-state index is 11.3. The number of carboxylic acid groups (broad SMARTS) is 1. The fraction of sp³-hybridized carbons (Fsp3) is 0.344. The molecule has 4 rings (SSSR count). The van der Waals surface area contributed by atoms with Gasteiger partial charge in [-0.1, -0.05) is 30.3 Å². The van der Waals surface area contributed by atoms with Crippen LogP contribution in [-0.2, 0) is 21.2 Å². The Morgan fingerprint density at radius 2 is 1.77 bits per heavy atom. The number of carboxylic acids is 1. The van der Waals surface area contributed by atoms with Crippen molar-refractivity contribution in [2.24, 2.45) is 0 Å². The lowest BCUT2D eigenvalue weighted by Gasteiger charge is -2.15. The Bertz CT molecular complexity index is 1480. The number of ether oxygens (including phenoxy) is 2. The van der Waals surface area contributed by atoms with E-state index < -0.39 is 15.8 Å². The van der Waals surface area contributed by atoms with Crippen molar-refractivity contribution < 1.29 is 27.8 Å². The first kappa shape index (κ1) is 28.4. The van der Waals surface area contributed by atoms with Gasteiger partial charge in [-0.15, -0.1) is 0 Å². The highest BCUT2D eigenvalue weighted by atomic mass is 32.2. The first-order chi connectivity index (χ1) is 18.5. The van der Waals surface area contributed by atoms with Crippen LogP contribution >= 0.6 is 0 Å². The molecule has 0 bridgehead atoms. The van der Waals surface area contributed by atoms with Crippen molar-refractivity contribution in [1.29, 1.82) is 0 Å². The van der Waals surface area contributed by atoms with E-state index in [0.29, 0.717) is 19.6 Å². The minimum atomic E-state index is -2.99. The second-order valence-corrected chi connectivity index (χ2v) is 12.6. The van der Waals surface area contributed by atoms with Crippen LogP contribution in [0.4, 0.5) is 0 Å². The number of sulfone groups is 1. The largest absolute Gasteiger partial charge is 0.494 e. The Kier molecular flexibility index (Phi) is 8.80. The molecule has 7 heteroatoms. The Hall–Kier alpha value is -3.58. The van der Waals surface area contributed by atoms with Gasteiger partial charge in [-0.05, 0) is 114 Å². The second kappa shape index (κ2) is 12.1. The third kappa shape index (κ3) is 7.30. The number of rotatable bonds is 11. The van der Waals surface area contributed by atoms with Crippen LogP contribution in [0.5, 0.6) is 11.5 Å². The van der Waals surface area contributed by atoms with E-state index in [4.69, 9.17) is 9.47 Å². The highest BCUT2D eigenvalue weighted by Gasteiger charge is 2.28. The molecule has 1 atom stereocenters. The Morgan fingerprint density at radius 3 is 2.44 bits per heavy atom. The molecule has 6 nitrogen and oxygen atoms in total. The maximum absolute atomic E-state index is 11.3. The second-order valence-electron chi connectivity index (χ2n) is 10.3. The molecular formula is C32H36O6S. The van der Waals surface area contributed by atoms with Gasteiger partial charge in [0.2, 0.25) is 0 Å². The lowest BCUT2D eigenvalue weighted by atomic mass is 9.94. The number of hydrogen-bond acceptors (Lipinski definition) is 5. The van der Waals surface area contributed by atoms with E-state index in [9.17, 15) is 18.3 Å². The highest BCUT2D eigenvalue weighted by Crippen LogP contribution is 2.44. The van der Waals surface area contributed by atoms with Gasteiger partial charge >= 0.3 is 5.97 Å². The summed E-state index contributed by atoms with van der Waals surface area (Å²) in [4.78, 5) is 11.3. The van der Waals surface area contributed by atoms with Crippen LogP contribution in [0.25, 0.3) is 16.7 Å². The van der Waals surface area contributed by atoms with Crippen LogP contribution in [0.1, 0.15) is 59.9 Å². The predicted molar refractivity (Wildman–Crippen MR) is 155 cm³/mol. The summed E-state index contributed by atoms with van der Waals surface area (Å²) < 4.78 is 34.7. The Morgan fingerprint density at radius 1 is 1.03 bits per heavy atom. The van der Waals surface area contributed by atoms with E-state index >= 15 is 0 Å². The molecule has 0 amide bonds. The minimum Gasteiger partial charge on any atom is -0.494 e. The molecular weight excluding hydrogens is 512 g/mol. The van der Waals surface area contributed by atoms with Crippen LogP contribution in [0, 0.1) is 13.8 Å². The number of aliphatic carboxylic acids is 1. The summed E-state index contributed by atoms with van der Waals surface area (Å²) >= 11 is 0. The number of allylic oxidation sites excluding steroid dienone is 2. The molecule has 0 fully saturated rings. The van der Waals surface area contributed by atoms with Crippen LogP contribution < -0.4 is 9.47 Å². The SMILES string of the molecule is CC=C1CC(CC(=O)O)c2ccc(OCc3cccc(-c4c(C)cc(OCCCS(C)(=O)=O)cc4C)c3)cc21. The zero-order valence-electron chi connectivity index (χ0n) is 23.0. The summed E-state index contributed by atoms with van der Waals surface area (Å²) in [5.41, 5.74) is 8.77. The van der Waals surface area contributed by atoms with Gasteiger partial charge < -0.3 is 14.6 Å². The fourth-order valence-electron chi connectivity index (χ4n) is 5.37. The topological polar surface area (TPSA) is 89.9 Å². The summed E-state index contributed by atoms with van der Waals surface area (Å²) in [5, 5.41) is 9.28. The molecule has 0 aliphatic heterocycles. The molecule has 39 heavy (non-hydrogen) atoms. The number of hydrogen-bond donors (Lipinski definition) is 1. The Labute approximate surface area is 231 Å². The summed E-state index contributed by atoms with van der Waals surface area (Å²) in [6.45, 7) is 6.86. The third-order valence-corrected chi connectivity index (χ3v) is 8.13. The van der Waals surface area contributed by atoms with E-state index in [-0.39, 0.29) is 18.1 Å². The molecule has 0 saturated heterocycles. The molecule has 0 spiro atoms. The summed E-state index contributed by atoms with van der Waals surface area (Å²) in [6, 6.07) is 18.2. The van der Waals surface area contributed by atoms with E-state index in [1.54, 1.807) is 0 Å². The summed E-state index contributed by atoms with van der Waals surface area (Å²) in [7, 11) is -2.99. The molecule has 1 unspecified atom stereocenters. The van der Waals surface area contributed by atoms with Crippen LogP contribution in [0.2, 0.25) is 0 Å². The predicted octanol–water partition coefficient (Wildman–Crippen LogP) is 6.73. The monoisotopic (exact) mass is 548 g/mol. The normalized spacial score (nSPS) is 15.8. The Balaban J connectivity index is 1.45. The number of aryl methyl sites for hydroxylation is 2. The van der Waals surface area contributed by atoms with E-state index in [1.165, 1.54) is 6.26 Å². The van der Waals surface area contributed by atoms with E-state index in [2.05, 4.69) is 32.1 Å². The van der Waals surface area contributed by atoms with Crippen LogP contribution in [0.15, 0.2) is 60.7 Å². The lowest BCUT2D eigenvalue weighted by Crippen LogP contribution is -2.08. The molecule has 1 N–H and O–H groups in total. The first-order valence-corrected chi connectivity index (χ1v) is 15.3. The van der Waals surface area contributed by atoms with Crippen molar-refractivity contribution in [3.8, 4) is 22.6 Å².